The van der Waals surface area contributed by atoms with E-state index in [0.29, 0.717) is 24.7 Å². The van der Waals surface area contributed by atoms with E-state index in [4.69, 9.17) is 24.1 Å². The molecule has 3 heterocycles. The minimum atomic E-state index is -0.0457. The Morgan fingerprint density at radius 2 is 1.69 bits per heavy atom. The summed E-state index contributed by atoms with van der Waals surface area (Å²) in [5.74, 6) is 2.88. The Morgan fingerprint density at radius 1 is 1.00 bits per heavy atom. The molecular weight excluding hydrogens is 500 g/mol. The van der Waals surface area contributed by atoms with E-state index >= 15 is 0 Å². The van der Waals surface area contributed by atoms with E-state index in [2.05, 4.69) is 21.3 Å². The zero-order valence-electron chi connectivity index (χ0n) is 22.0. The monoisotopic (exact) mass is 534 g/mol. The van der Waals surface area contributed by atoms with Crippen LogP contribution in [0.4, 0.5) is 0 Å². The van der Waals surface area contributed by atoms with Crippen molar-refractivity contribution in [2.45, 2.75) is 26.6 Å². The summed E-state index contributed by atoms with van der Waals surface area (Å²) in [4.78, 5) is 29.9. The SMILES string of the molecule is CC=O.O=C(CNCc1ccc(Oc2ccc(CO)cn2)cc1)N1CCN(Cc2ccc3c(c2)OCO3)CC1. The van der Waals surface area contributed by atoms with Gasteiger partial charge in [0.1, 0.15) is 12.0 Å². The van der Waals surface area contributed by atoms with Gasteiger partial charge in [-0.05, 0) is 53.9 Å². The van der Waals surface area contributed by atoms with Crippen molar-refractivity contribution < 1.29 is 28.9 Å². The van der Waals surface area contributed by atoms with Gasteiger partial charge in [-0.2, -0.15) is 0 Å². The number of nitrogens with zero attached hydrogens (tertiary/aromatic N) is 3. The predicted octanol–water partition coefficient (Wildman–Crippen LogP) is 2.73. The lowest BCUT2D eigenvalue weighted by molar-refractivity contribution is -0.132. The predicted molar refractivity (Wildman–Crippen MR) is 145 cm³/mol. The molecule has 0 aliphatic carbocycles. The maximum atomic E-state index is 12.7. The molecule has 39 heavy (non-hydrogen) atoms. The second-order valence-corrected chi connectivity index (χ2v) is 9.09. The van der Waals surface area contributed by atoms with Crippen LogP contribution in [-0.2, 0) is 29.3 Å². The first-order chi connectivity index (χ1) is 19.1. The number of aromatic nitrogens is 1. The number of benzene rings is 2. The van der Waals surface area contributed by atoms with Gasteiger partial charge in [-0.1, -0.05) is 18.2 Å². The van der Waals surface area contributed by atoms with Crippen molar-refractivity contribution in [3.63, 3.8) is 0 Å². The largest absolute Gasteiger partial charge is 0.454 e. The van der Waals surface area contributed by atoms with Crippen LogP contribution in [-0.4, -0.2) is 71.6 Å². The molecule has 206 valence electrons. The van der Waals surface area contributed by atoms with E-state index in [0.717, 1.165) is 61.6 Å². The number of pyridine rings is 1. The molecule has 2 aliphatic rings. The number of piperazine rings is 1. The van der Waals surface area contributed by atoms with Gasteiger partial charge in [0.05, 0.1) is 13.2 Å². The van der Waals surface area contributed by atoms with Gasteiger partial charge in [0.2, 0.25) is 18.6 Å². The van der Waals surface area contributed by atoms with Crippen LogP contribution in [0, 0.1) is 0 Å². The molecule has 1 amide bonds. The van der Waals surface area contributed by atoms with E-state index in [1.165, 1.54) is 12.5 Å². The first-order valence-electron chi connectivity index (χ1n) is 12.9. The minimum Gasteiger partial charge on any atom is -0.454 e. The fraction of sp³-hybridized carbons (Fsp3) is 0.345. The highest BCUT2D eigenvalue weighted by Crippen LogP contribution is 2.32. The van der Waals surface area contributed by atoms with Gasteiger partial charge in [-0.15, -0.1) is 0 Å². The van der Waals surface area contributed by atoms with E-state index < -0.39 is 0 Å². The molecule has 1 aromatic heterocycles. The summed E-state index contributed by atoms with van der Waals surface area (Å²) >= 11 is 0. The second kappa shape index (κ2) is 14.2. The van der Waals surface area contributed by atoms with Crippen LogP contribution < -0.4 is 19.5 Å². The van der Waals surface area contributed by atoms with Gasteiger partial charge in [0, 0.05) is 51.5 Å². The van der Waals surface area contributed by atoms with Gasteiger partial charge in [-0.25, -0.2) is 4.98 Å². The molecular formula is C29H34N4O6. The molecule has 10 heteroatoms. The Balaban J connectivity index is 0.00000112. The third-order valence-electron chi connectivity index (χ3n) is 6.30. The fourth-order valence-corrected chi connectivity index (χ4v) is 4.24. The summed E-state index contributed by atoms with van der Waals surface area (Å²) in [6.07, 6.45) is 2.34. The van der Waals surface area contributed by atoms with Crippen molar-refractivity contribution in [3.05, 3.63) is 77.5 Å². The molecule has 1 fully saturated rings. The van der Waals surface area contributed by atoms with Crippen molar-refractivity contribution in [1.82, 2.24) is 20.1 Å². The van der Waals surface area contributed by atoms with Gasteiger partial charge < -0.3 is 34.3 Å². The number of aliphatic hydroxyl groups excluding tert-OH is 1. The van der Waals surface area contributed by atoms with Gasteiger partial charge in [0.15, 0.2) is 11.5 Å². The summed E-state index contributed by atoms with van der Waals surface area (Å²) in [5, 5.41) is 12.3. The van der Waals surface area contributed by atoms with Crippen molar-refractivity contribution in [1.29, 1.82) is 0 Å². The number of fused-ring (bicyclic) bond motifs is 1. The lowest BCUT2D eigenvalue weighted by atomic mass is 10.1. The van der Waals surface area contributed by atoms with Crippen LogP contribution in [0.15, 0.2) is 60.8 Å². The van der Waals surface area contributed by atoms with Gasteiger partial charge >= 0.3 is 0 Å². The Bertz CT molecular complexity index is 1210. The summed E-state index contributed by atoms with van der Waals surface area (Å²) in [6.45, 7) is 6.57. The number of carbonyl (C=O) groups is 2. The lowest BCUT2D eigenvalue weighted by Gasteiger charge is -2.34. The smallest absolute Gasteiger partial charge is 0.236 e. The number of ether oxygens (including phenoxy) is 3. The van der Waals surface area contributed by atoms with Crippen LogP contribution in [0.25, 0.3) is 0 Å². The van der Waals surface area contributed by atoms with Gasteiger partial charge in [0.25, 0.3) is 0 Å². The number of amides is 1. The highest BCUT2D eigenvalue weighted by Gasteiger charge is 2.21. The molecule has 0 atom stereocenters. The number of aliphatic hydroxyl groups is 1. The third kappa shape index (κ3) is 8.25. The fourth-order valence-electron chi connectivity index (χ4n) is 4.24. The third-order valence-corrected chi connectivity index (χ3v) is 6.30. The van der Waals surface area contributed by atoms with Crippen LogP contribution in [0.3, 0.4) is 0 Å². The van der Waals surface area contributed by atoms with Crippen LogP contribution in [0.2, 0.25) is 0 Å². The van der Waals surface area contributed by atoms with Crippen LogP contribution >= 0.6 is 0 Å². The normalized spacial score (nSPS) is 14.4. The molecule has 10 nitrogen and oxygen atoms in total. The lowest BCUT2D eigenvalue weighted by Crippen LogP contribution is -2.50. The molecule has 2 aromatic carbocycles. The Labute approximate surface area is 228 Å². The average molecular weight is 535 g/mol. The zero-order chi connectivity index (χ0) is 27.5. The molecule has 0 bridgehead atoms. The molecule has 2 aliphatic heterocycles. The highest BCUT2D eigenvalue weighted by atomic mass is 16.7. The molecule has 0 radical (unpaired) electrons. The van der Waals surface area contributed by atoms with E-state index in [1.54, 1.807) is 18.3 Å². The molecule has 5 rings (SSSR count). The first kappa shape index (κ1) is 28.0. The summed E-state index contributed by atoms with van der Waals surface area (Å²) in [5.41, 5.74) is 2.99. The van der Waals surface area contributed by atoms with Gasteiger partial charge in [-0.3, -0.25) is 9.69 Å². The molecule has 0 spiro atoms. The molecule has 2 N–H and O–H groups in total. The van der Waals surface area contributed by atoms with Crippen molar-refractivity contribution in [2.75, 3.05) is 39.5 Å². The Morgan fingerprint density at radius 3 is 2.38 bits per heavy atom. The Hall–Kier alpha value is -3.99. The van der Waals surface area contributed by atoms with E-state index in [-0.39, 0.29) is 19.3 Å². The topological polar surface area (TPSA) is 113 Å². The zero-order valence-corrected chi connectivity index (χ0v) is 22.0. The number of rotatable bonds is 9. The van der Waals surface area contributed by atoms with Crippen LogP contribution in [0.1, 0.15) is 23.6 Å². The van der Waals surface area contributed by atoms with Crippen molar-refractivity contribution in [2.24, 2.45) is 0 Å². The number of hydrogen-bond donors (Lipinski definition) is 2. The standard InChI is InChI=1S/C27H30N4O5.C2H4O/c32-18-22-4-8-26(29-15-22)36-23-5-1-20(2-6-23)14-28-16-27(33)31-11-9-30(10-12-31)17-21-3-7-24-25(13-21)35-19-34-24;1-2-3/h1-8,13,15,28,32H,9-12,14,16-19H2;2H,1H3. The number of nitrogens with one attached hydrogen (secondary N) is 1. The number of hydrogen-bond acceptors (Lipinski definition) is 9. The quantitative estimate of drug-likeness (QED) is 0.400. The van der Waals surface area contributed by atoms with Crippen molar-refractivity contribution in [3.8, 4) is 23.1 Å². The molecule has 3 aromatic rings. The number of carbonyl (C=O) groups excluding carboxylic acids is 2. The maximum absolute atomic E-state index is 12.7. The van der Waals surface area contributed by atoms with Crippen LogP contribution in [0.5, 0.6) is 23.1 Å². The molecule has 0 unspecified atom stereocenters. The highest BCUT2D eigenvalue weighted by molar-refractivity contribution is 5.78. The first-order valence-corrected chi connectivity index (χ1v) is 12.9. The summed E-state index contributed by atoms with van der Waals surface area (Å²) in [7, 11) is 0. The minimum absolute atomic E-state index is 0.0457. The Kier molecular flexibility index (Phi) is 10.2. The van der Waals surface area contributed by atoms with E-state index in [9.17, 15) is 4.79 Å². The van der Waals surface area contributed by atoms with Crippen molar-refractivity contribution >= 4 is 12.2 Å². The summed E-state index contributed by atoms with van der Waals surface area (Å²) in [6, 6.07) is 17.2. The second-order valence-electron chi connectivity index (χ2n) is 9.09. The molecule has 0 saturated carbocycles. The average Bonchev–Trinajstić information content (AvgIpc) is 3.43. The summed E-state index contributed by atoms with van der Waals surface area (Å²) < 4.78 is 16.6. The number of aldehydes is 1. The maximum Gasteiger partial charge on any atom is 0.236 e. The van der Waals surface area contributed by atoms with E-state index in [1.807, 2.05) is 41.3 Å². The molecule has 1 saturated heterocycles.